The van der Waals surface area contributed by atoms with Crippen molar-refractivity contribution in [1.29, 1.82) is 0 Å². The lowest BCUT2D eigenvalue weighted by molar-refractivity contribution is -0.137. The van der Waals surface area contributed by atoms with Crippen LogP contribution in [0.25, 0.3) is 5.69 Å². The van der Waals surface area contributed by atoms with E-state index in [0.29, 0.717) is 27.9 Å². The second kappa shape index (κ2) is 11.0. The van der Waals surface area contributed by atoms with Gasteiger partial charge in [-0.2, -0.15) is 13.2 Å². The van der Waals surface area contributed by atoms with Crippen molar-refractivity contribution in [2.24, 2.45) is 0 Å². The van der Waals surface area contributed by atoms with Gasteiger partial charge in [-0.15, -0.1) is 0 Å². The summed E-state index contributed by atoms with van der Waals surface area (Å²) in [5, 5.41) is 3.73. The second-order valence-corrected chi connectivity index (χ2v) is 12.1. The number of methoxy groups -OCH3 is 1. The summed E-state index contributed by atoms with van der Waals surface area (Å²) >= 11 is 5.81. The molecule has 3 heterocycles. The Morgan fingerprint density at radius 2 is 1.79 bits per heavy atom. The number of nitrogens with zero attached hydrogens (tertiary/aromatic N) is 3. The number of pyridine rings is 1. The van der Waals surface area contributed by atoms with E-state index in [1.807, 2.05) is 36.9 Å². The molecule has 0 aliphatic carbocycles. The minimum absolute atomic E-state index is 0.231. The van der Waals surface area contributed by atoms with Gasteiger partial charge in [-0.25, -0.2) is 8.42 Å². The number of sulfonamides is 1. The van der Waals surface area contributed by atoms with Gasteiger partial charge in [-0.1, -0.05) is 12.1 Å². The smallest absolute Gasteiger partial charge is 0.416 e. The molecule has 8 nitrogen and oxygen atoms in total. The van der Waals surface area contributed by atoms with Crippen LogP contribution in [0.15, 0.2) is 72.9 Å². The Morgan fingerprint density at radius 1 is 1.02 bits per heavy atom. The predicted molar refractivity (Wildman–Crippen MR) is 160 cm³/mol. The maximum atomic E-state index is 13.5. The van der Waals surface area contributed by atoms with Crippen molar-refractivity contribution in [3.63, 3.8) is 0 Å². The highest BCUT2D eigenvalue weighted by Crippen LogP contribution is 2.45. The van der Waals surface area contributed by atoms with E-state index in [2.05, 4.69) is 15.0 Å². The summed E-state index contributed by atoms with van der Waals surface area (Å²) in [6.07, 6.45) is -1.76. The highest BCUT2D eigenvalue weighted by molar-refractivity contribution is 7.92. The average molecular weight is 616 g/mol. The molecule has 2 N–H and O–H groups in total. The summed E-state index contributed by atoms with van der Waals surface area (Å²) in [6, 6.07) is 16.8. The monoisotopic (exact) mass is 615 g/mol. The average Bonchev–Trinajstić information content (AvgIpc) is 3.42. The highest BCUT2D eigenvalue weighted by atomic mass is 32.2. The number of anilines is 2. The Kier molecular flexibility index (Phi) is 7.66. The third-order valence-electron chi connectivity index (χ3n) is 7.08. The summed E-state index contributed by atoms with van der Waals surface area (Å²) < 4.78 is 74.5. The minimum atomic E-state index is -4.48. The first-order valence-corrected chi connectivity index (χ1v) is 15.1. The first-order chi connectivity index (χ1) is 19.8. The molecule has 42 heavy (non-hydrogen) atoms. The second-order valence-electron chi connectivity index (χ2n) is 9.97. The number of hydrogen-bond donors (Lipinski definition) is 2. The molecule has 0 amide bonds. The number of halogens is 3. The van der Waals surface area contributed by atoms with E-state index in [4.69, 9.17) is 17.0 Å². The number of alkyl halides is 3. The molecule has 1 fully saturated rings. The predicted octanol–water partition coefficient (Wildman–Crippen LogP) is 6.07. The molecule has 1 aliphatic rings. The van der Waals surface area contributed by atoms with E-state index >= 15 is 0 Å². The number of ether oxygens (including phenoxy) is 1. The number of rotatable bonds is 7. The molecule has 13 heteroatoms. The lowest BCUT2D eigenvalue weighted by atomic mass is 9.96. The summed E-state index contributed by atoms with van der Waals surface area (Å²) in [4.78, 5) is 6.42. The Morgan fingerprint density at radius 3 is 2.43 bits per heavy atom. The zero-order valence-corrected chi connectivity index (χ0v) is 24.7. The van der Waals surface area contributed by atoms with E-state index in [-0.39, 0.29) is 5.69 Å². The first kappa shape index (κ1) is 29.4. The molecule has 0 spiro atoms. The zero-order valence-electron chi connectivity index (χ0n) is 23.1. The molecule has 2 aromatic heterocycles. The molecule has 4 aromatic rings. The molecule has 1 saturated heterocycles. The van der Waals surface area contributed by atoms with Crippen LogP contribution in [-0.2, 0) is 16.2 Å². The number of aromatic nitrogens is 2. The maximum absolute atomic E-state index is 13.5. The molecule has 0 radical (unpaired) electrons. The van der Waals surface area contributed by atoms with E-state index in [1.54, 1.807) is 41.1 Å². The van der Waals surface area contributed by atoms with Gasteiger partial charge < -0.3 is 19.5 Å². The molecule has 5 rings (SSSR count). The van der Waals surface area contributed by atoms with Crippen LogP contribution in [0.1, 0.15) is 40.3 Å². The van der Waals surface area contributed by atoms with Gasteiger partial charge >= 0.3 is 6.18 Å². The summed E-state index contributed by atoms with van der Waals surface area (Å²) in [5.41, 5.74) is 3.41. The van der Waals surface area contributed by atoms with E-state index < -0.39 is 33.8 Å². The molecule has 220 valence electrons. The lowest BCUT2D eigenvalue weighted by Crippen LogP contribution is -2.29. The normalized spacial score (nSPS) is 17.3. The van der Waals surface area contributed by atoms with Crippen LogP contribution >= 0.6 is 12.2 Å². The van der Waals surface area contributed by atoms with Crippen LogP contribution in [0, 0.1) is 13.8 Å². The summed E-state index contributed by atoms with van der Waals surface area (Å²) in [7, 11) is -2.19. The molecule has 1 aliphatic heterocycles. The molecule has 0 bridgehead atoms. The number of aryl methyl sites for hydroxylation is 1. The van der Waals surface area contributed by atoms with Gasteiger partial charge in [0.2, 0.25) is 10.0 Å². The summed E-state index contributed by atoms with van der Waals surface area (Å²) in [6.45, 7) is 3.68. The summed E-state index contributed by atoms with van der Waals surface area (Å²) in [5.74, 6) is 0.322. The Bertz CT molecular complexity index is 1760. The van der Waals surface area contributed by atoms with Crippen molar-refractivity contribution in [2.75, 3.05) is 23.0 Å². The minimum Gasteiger partial charge on any atom is -0.495 e. The van der Waals surface area contributed by atoms with Crippen molar-refractivity contribution in [2.45, 2.75) is 32.1 Å². The fourth-order valence-corrected chi connectivity index (χ4v) is 6.28. The third-order valence-corrected chi connectivity index (χ3v) is 7.98. The van der Waals surface area contributed by atoms with E-state index in [0.717, 1.165) is 35.3 Å². The lowest BCUT2D eigenvalue weighted by Gasteiger charge is -2.29. The van der Waals surface area contributed by atoms with Crippen molar-refractivity contribution in [3.8, 4) is 11.4 Å². The topological polar surface area (TPSA) is 88.5 Å². The number of hydrogen-bond acceptors (Lipinski definition) is 5. The van der Waals surface area contributed by atoms with E-state index in [1.165, 1.54) is 13.2 Å². The fraction of sp³-hybridized carbons (Fsp3) is 0.241. The number of benzene rings is 2. The first-order valence-electron chi connectivity index (χ1n) is 12.8. The molecular formula is C29H28F3N5O3S2. The fourth-order valence-electron chi connectivity index (χ4n) is 5.38. The molecular weight excluding hydrogens is 587 g/mol. The van der Waals surface area contributed by atoms with Crippen LogP contribution in [0.2, 0.25) is 0 Å². The van der Waals surface area contributed by atoms with Gasteiger partial charge in [0.15, 0.2) is 5.11 Å². The van der Waals surface area contributed by atoms with Gasteiger partial charge in [0.1, 0.15) is 5.75 Å². The maximum Gasteiger partial charge on any atom is 0.416 e. The highest BCUT2D eigenvalue weighted by Gasteiger charge is 2.42. The Balaban J connectivity index is 1.68. The van der Waals surface area contributed by atoms with Crippen molar-refractivity contribution in [3.05, 3.63) is 101 Å². The molecule has 2 atom stereocenters. The van der Waals surface area contributed by atoms with Crippen molar-refractivity contribution < 1.29 is 26.3 Å². The van der Waals surface area contributed by atoms with Gasteiger partial charge in [-0.3, -0.25) is 9.71 Å². The van der Waals surface area contributed by atoms with Gasteiger partial charge in [0.25, 0.3) is 0 Å². The van der Waals surface area contributed by atoms with Crippen LogP contribution in [0.5, 0.6) is 5.75 Å². The van der Waals surface area contributed by atoms with Crippen LogP contribution < -0.4 is 19.7 Å². The number of nitrogens with one attached hydrogen (secondary N) is 2. The largest absolute Gasteiger partial charge is 0.495 e. The quantitative estimate of drug-likeness (QED) is 0.244. The van der Waals surface area contributed by atoms with Gasteiger partial charge in [-0.05, 0) is 86.2 Å². The van der Waals surface area contributed by atoms with E-state index in [9.17, 15) is 21.6 Å². The number of thiocarbonyl (C=S) groups is 1. The zero-order chi connectivity index (χ0) is 30.4. The van der Waals surface area contributed by atoms with Crippen LogP contribution in [0.3, 0.4) is 0 Å². The molecule has 0 saturated carbocycles. The molecule has 2 aromatic carbocycles. The Hall–Kier alpha value is -4.10. The van der Waals surface area contributed by atoms with Crippen molar-refractivity contribution in [1.82, 2.24) is 14.9 Å². The molecule has 0 unspecified atom stereocenters. The Labute approximate surface area is 247 Å². The SMILES string of the molecule is COc1ccc(N2C(=S)N[C@@H](c3ccccn3)[C@H]2c2cc(C)n(-c3cccc(C(F)(F)F)c3)c2C)cc1NS(C)(=O)=O. The standard InChI is InChI=1S/C29H28F3N5O3S2/c1-17-14-22(18(2)36(17)20-9-7-8-19(15-20)29(30,31)32)27-26(23-10-5-6-13-33-23)34-28(41)37(27)21-11-12-25(40-3)24(16-21)35-42(4,38)39/h5-16,26-27,35H,1-4H3,(H,34,41)/t26-,27+/m0/s1. The third kappa shape index (κ3) is 5.66. The van der Waals surface area contributed by atoms with Crippen LogP contribution in [-0.4, -0.2) is 36.4 Å². The van der Waals surface area contributed by atoms with Gasteiger partial charge in [0, 0.05) is 29.0 Å². The van der Waals surface area contributed by atoms with Crippen molar-refractivity contribution >= 4 is 38.7 Å². The van der Waals surface area contributed by atoms with Crippen LogP contribution in [0.4, 0.5) is 24.5 Å². The van der Waals surface area contributed by atoms with Gasteiger partial charge in [0.05, 0.1) is 42.4 Å².